The molecular formula is C19H21N3O3. The molecule has 0 aromatic heterocycles. The zero-order valence-corrected chi connectivity index (χ0v) is 13.8. The highest BCUT2D eigenvalue weighted by Crippen LogP contribution is 2.42. The molecule has 0 saturated heterocycles. The van der Waals surface area contributed by atoms with Gasteiger partial charge >= 0.3 is 0 Å². The predicted molar refractivity (Wildman–Crippen MR) is 94.6 cm³/mol. The minimum atomic E-state index is -0.222. The molecule has 2 aliphatic rings. The molecule has 4 N–H and O–H groups in total. The molecule has 0 bridgehead atoms. The number of carbonyl (C=O) groups excluding carboxylic acids is 1. The summed E-state index contributed by atoms with van der Waals surface area (Å²) in [4.78, 5) is 14.8. The number of para-hydroxylation sites is 1. The van der Waals surface area contributed by atoms with Gasteiger partial charge in [0.05, 0.1) is 17.9 Å². The lowest BCUT2D eigenvalue weighted by atomic mass is 9.90. The highest BCUT2D eigenvalue weighted by atomic mass is 16.5. The number of aliphatic hydroxyl groups excluding tert-OH is 1. The molecule has 130 valence electrons. The Bertz CT molecular complexity index is 791. The number of aliphatic hydroxyl groups is 1. The summed E-state index contributed by atoms with van der Waals surface area (Å²) in [6, 6.07) is 13.3. The number of amides is 1. The van der Waals surface area contributed by atoms with E-state index in [1.54, 1.807) is 0 Å². The Morgan fingerprint density at radius 1 is 1.24 bits per heavy atom. The second-order valence-electron chi connectivity index (χ2n) is 6.35. The van der Waals surface area contributed by atoms with E-state index in [2.05, 4.69) is 10.2 Å². The summed E-state index contributed by atoms with van der Waals surface area (Å²) in [5, 5.41) is 11.9. The molecule has 6 nitrogen and oxygen atoms in total. The van der Waals surface area contributed by atoms with Crippen molar-refractivity contribution in [2.24, 2.45) is 5.73 Å². The van der Waals surface area contributed by atoms with Crippen LogP contribution in [0, 0.1) is 0 Å². The molecule has 0 radical (unpaired) electrons. The Kier molecular flexibility index (Phi) is 4.07. The molecular weight excluding hydrogens is 318 g/mol. The van der Waals surface area contributed by atoms with E-state index >= 15 is 0 Å². The molecule has 0 spiro atoms. The summed E-state index contributed by atoms with van der Waals surface area (Å²) in [5.74, 6) is 0.620. The number of anilines is 1. The first-order chi connectivity index (χ1) is 12.2. The number of hydrogen-bond acceptors (Lipinski definition) is 5. The van der Waals surface area contributed by atoms with Crippen LogP contribution in [0.4, 0.5) is 5.69 Å². The summed E-state index contributed by atoms with van der Waals surface area (Å²) < 4.78 is 5.40. The van der Waals surface area contributed by atoms with Crippen LogP contribution in [0.25, 0.3) is 0 Å². The van der Waals surface area contributed by atoms with Crippen LogP contribution in [-0.4, -0.2) is 30.8 Å². The Hall–Kier alpha value is -2.57. The third kappa shape index (κ3) is 2.73. The quantitative estimate of drug-likeness (QED) is 0.789. The Morgan fingerprint density at radius 2 is 2.04 bits per heavy atom. The van der Waals surface area contributed by atoms with E-state index in [9.17, 15) is 4.79 Å². The van der Waals surface area contributed by atoms with Crippen molar-refractivity contribution in [1.82, 2.24) is 5.32 Å². The van der Waals surface area contributed by atoms with Crippen molar-refractivity contribution in [1.29, 1.82) is 0 Å². The largest absolute Gasteiger partial charge is 0.491 e. The number of carbonyl (C=O) groups is 1. The van der Waals surface area contributed by atoms with Crippen molar-refractivity contribution in [2.75, 3.05) is 24.7 Å². The molecule has 1 amide bonds. The number of nitrogens with two attached hydrogens (primary N) is 1. The van der Waals surface area contributed by atoms with Gasteiger partial charge in [0.1, 0.15) is 18.5 Å². The van der Waals surface area contributed by atoms with Gasteiger partial charge in [-0.1, -0.05) is 24.3 Å². The minimum absolute atomic E-state index is 0.0198. The third-order valence-electron chi connectivity index (χ3n) is 4.81. The van der Waals surface area contributed by atoms with E-state index < -0.39 is 0 Å². The SMILES string of the molecule is N[C@H]1CCN2c3c(cccc31)C(=O)N[C@@H]2c1ccc(OCCO)cc1. The second kappa shape index (κ2) is 6.38. The Balaban J connectivity index is 1.69. The van der Waals surface area contributed by atoms with Crippen LogP contribution in [-0.2, 0) is 0 Å². The Labute approximate surface area is 146 Å². The smallest absolute Gasteiger partial charge is 0.255 e. The van der Waals surface area contributed by atoms with Gasteiger partial charge in [-0.3, -0.25) is 4.79 Å². The highest BCUT2D eigenvalue weighted by Gasteiger charge is 2.37. The summed E-state index contributed by atoms with van der Waals surface area (Å²) in [6.45, 7) is 1.03. The molecule has 2 aromatic rings. The molecule has 0 fully saturated rings. The van der Waals surface area contributed by atoms with Crippen molar-refractivity contribution in [2.45, 2.75) is 18.6 Å². The lowest BCUT2D eigenvalue weighted by Gasteiger charge is -2.44. The summed E-state index contributed by atoms with van der Waals surface area (Å²) in [5.41, 5.74) is 9.92. The molecule has 4 rings (SSSR count). The molecule has 0 aliphatic carbocycles. The lowest BCUT2D eigenvalue weighted by molar-refractivity contribution is 0.0925. The average Bonchev–Trinajstić information content (AvgIpc) is 2.65. The molecule has 6 heteroatoms. The minimum Gasteiger partial charge on any atom is -0.491 e. The standard InChI is InChI=1S/C19H21N3O3/c20-16-8-9-22-17-14(16)2-1-3-15(17)19(24)21-18(22)12-4-6-13(7-5-12)25-11-10-23/h1-7,16,18,23H,8-11,20H2,(H,21,24)/t16-,18-/m0/s1. The monoisotopic (exact) mass is 339 g/mol. The summed E-state index contributed by atoms with van der Waals surface area (Å²) in [7, 11) is 0. The van der Waals surface area contributed by atoms with Gasteiger partial charge in [0, 0.05) is 12.6 Å². The van der Waals surface area contributed by atoms with Gasteiger partial charge in [0.2, 0.25) is 0 Å². The number of benzene rings is 2. The van der Waals surface area contributed by atoms with Crippen LogP contribution in [0.1, 0.15) is 40.1 Å². The zero-order valence-electron chi connectivity index (χ0n) is 13.8. The number of hydrogen-bond donors (Lipinski definition) is 3. The zero-order chi connectivity index (χ0) is 17.4. The van der Waals surface area contributed by atoms with Crippen LogP contribution in [0.3, 0.4) is 0 Å². The fraction of sp³-hybridized carbons (Fsp3) is 0.316. The van der Waals surface area contributed by atoms with Gasteiger partial charge in [-0.25, -0.2) is 0 Å². The number of ether oxygens (including phenoxy) is 1. The first-order valence-electron chi connectivity index (χ1n) is 8.48. The third-order valence-corrected chi connectivity index (χ3v) is 4.81. The number of nitrogens with zero attached hydrogens (tertiary/aromatic N) is 1. The number of nitrogens with one attached hydrogen (secondary N) is 1. The highest BCUT2D eigenvalue weighted by molar-refractivity contribution is 6.03. The fourth-order valence-electron chi connectivity index (χ4n) is 3.62. The van der Waals surface area contributed by atoms with Crippen LogP contribution >= 0.6 is 0 Å². The molecule has 2 atom stereocenters. The Morgan fingerprint density at radius 3 is 2.80 bits per heavy atom. The van der Waals surface area contributed by atoms with Crippen molar-refractivity contribution >= 4 is 11.6 Å². The summed E-state index contributed by atoms with van der Waals surface area (Å²) >= 11 is 0. The maximum atomic E-state index is 12.6. The van der Waals surface area contributed by atoms with Crippen LogP contribution in [0.15, 0.2) is 42.5 Å². The van der Waals surface area contributed by atoms with Crippen molar-refractivity contribution in [3.05, 3.63) is 59.2 Å². The molecule has 2 heterocycles. The van der Waals surface area contributed by atoms with Gasteiger partial charge in [0.15, 0.2) is 0 Å². The summed E-state index contributed by atoms with van der Waals surface area (Å²) in [6.07, 6.45) is 0.626. The van der Waals surface area contributed by atoms with E-state index in [-0.39, 0.29) is 31.3 Å². The van der Waals surface area contributed by atoms with Crippen LogP contribution < -0.4 is 20.7 Å². The molecule has 25 heavy (non-hydrogen) atoms. The first-order valence-corrected chi connectivity index (χ1v) is 8.48. The van der Waals surface area contributed by atoms with Gasteiger partial charge in [-0.15, -0.1) is 0 Å². The number of rotatable bonds is 4. The van der Waals surface area contributed by atoms with Gasteiger partial charge in [-0.05, 0) is 35.7 Å². The fourth-order valence-corrected chi connectivity index (χ4v) is 3.62. The van der Waals surface area contributed by atoms with E-state index in [0.29, 0.717) is 11.3 Å². The molecule has 0 unspecified atom stereocenters. The average molecular weight is 339 g/mol. The second-order valence-corrected chi connectivity index (χ2v) is 6.35. The van der Waals surface area contributed by atoms with E-state index in [4.69, 9.17) is 15.6 Å². The van der Waals surface area contributed by atoms with Crippen molar-refractivity contribution in [3.63, 3.8) is 0 Å². The molecule has 2 aliphatic heterocycles. The maximum Gasteiger partial charge on any atom is 0.255 e. The van der Waals surface area contributed by atoms with Gasteiger partial charge in [0.25, 0.3) is 5.91 Å². The van der Waals surface area contributed by atoms with Gasteiger partial charge in [-0.2, -0.15) is 0 Å². The lowest BCUT2D eigenvalue weighted by Crippen LogP contribution is -2.49. The maximum absolute atomic E-state index is 12.6. The van der Waals surface area contributed by atoms with Gasteiger partial charge < -0.3 is 25.8 Å². The van der Waals surface area contributed by atoms with E-state index in [0.717, 1.165) is 29.8 Å². The van der Waals surface area contributed by atoms with Crippen molar-refractivity contribution < 1.29 is 14.6 Å². The van der Waals surface area contributed by atoms with E-state index in [1.807, 2.05) is 42.5 Å². The van der Waals surface area contributed by atoms with Crippen LogP contribution in [0.5, 0.6) is 5.75 Å². The molecule has 2 aromatic carbocycles. The normalized spacial score (nSPS) is 21.5. The topological polar surface area (TPSA) is 87.8 Å². The van der Waals surface area contributed by atoms with Crippen molar-refractivity contribution in [3.8, 4) is 5.75 Å². The molecule has 0 saturated carbocycles. The first kappa shape index (κ1) is 15.9. The predicted octanol–water partition coefficient (Wildman–Crippen LogP) is 1.71. The van der Waals surface area contributed by atoms with Crippen LogP contribution in [0.2, 0.25) is 0 Å². The van der Waals surface area contributed by atoms with E-state index in [1.165, 1.54) is 0 Å².